The van der Waals surface area contributed by atoms with Crippen molar-refractivity contribution >= 4 is 60.6 Å². The predicted octanol–water partition coefficient (Wildman–Crippen LogP) is 1.97. The maximum absolute atomic E-state index is 14.6. The van der Waals surface area contributed by atoms with E-state index >= 15 is 0 Å². The summed E-state index contributed by atoms with van der Waals surface area (Å²) in [5, 5.41) is 57.4. The van der Waals surface area contributed by atoms with Crippen molar-refractivity contribution in [2.75, 3.05) is 58.1 Å². The third-order valence-electron chi connectivity index (χ3n) is 13.3. The van der Waals surface area contributed by atoms with Crippen LogP contribution in [0.1, 0.15) is 46.4 Å². The zero-order valence-corrected chi connectivity index (χ0v) is 40.9. The molecular formula is C45H52N12O15S2. The Labute approximate surface area is 421 Å². The molecule has 2 aromatic carbocycles. The first-order valence-corrected chi connectivity index (χ1v) is 26.1. The lowest BCUT2D eigenvalue weighted by Crippen LogP contribution is -2.42. The number of β-amino-alcohol motifs (C(OH)–C–C–N with tert-alkyl or cyclic N) is 2. The highest BCUT2D eigenvalue weighted by atomic mass is 32.2. The van der Waals surface area contributed by atoms with E-state index in [1.165, 1.54) is 64.3 Å². The van der Waals surface area contributed by atoms with E-state index in [9.17, 15) is 66.0 Å². The number of aliphatic hydroxyl groups is 2. The fourth-order valence-corrected chi connectivity index (χ4v) is 11.2. The number of carbonyl (C=O) groups excluding carboxylic acids is 2. The van der Waals surface area contributed by atoms with Gasteiger partial charge < -0.3 is 61.0 Å². The Kier molecular flexibility index (Phi) is 15.5. The summed E-state index contributed by atoms with van der Waals surface area (Å²) in [5.74, 6) is -2.78. The van der Waals surface area contributed by atoms with Crippen molar-refractivity contribution in [3.63, 3.8) is 0 Å². The number of nitrogens with one attached hydrogen (secondary N) is 3. The number of hydrogen-bond acceptors (Lipinski definition) is 19. The van der Waals surface area contributed by atoms with Crippen LogP contribution in [0, 0.1) is 37.5 Å². The number of imidazole rings is 2. The molecule has 4 aromatic rings. The minimum Gasteiger partial charge on any atom is -0.453 e. The van der Waals surface area contributed by atoms with Gasteiger partial charge in [0, 0.05) is 53.8 Å². The van der Waals surface area contributed by atoms with Gasteiger partial charge in [-0.3, -0.25) is 24.1 Å². The van der Waals surface area contributed by atoms with Gasteiger partial charge in [-0.05, 0) is 116 Å². The molecule has 0 bridgehead atoms. The molecule has 74 heavy (non-hydrogen) atoms. The fourth-order valence-electron chi connectivity index (χ4n) is 9.70. The molecule has 2 aromatic heterocycles. The number of aliphatic hydroxyl groups excluding tert-OH is 2. The van der Waals surface area contributed by atoms with Crippen LogP contribution < -0.4 is 21.7 Å². The number of hydrogen-bond donors (Lipinski definition) is 8. The Morgan fingerprint density at radius 3 is 1.74 bits per heavy atom. The summed E-state index contributed by atoms with van der Waals surface area (Å²) >= 11 is 0. The van der Waals surface area contributed by atoms with E-state index in [-0.39, 0.29) is 90.3 Å². The number of carbonyl (C=O) groups is 2. The second kappa shape index (κ2) is 21.7. The summed E-state index contributed by atoms with van der Waals surface area (Å²) in [6, 6.07) is 8.90. The summed E-state index contributed by atoms with van der Waals surface area (Å²) in [4.78, 5) is 59.3. The van der Waals surface area contributed by atoms with Gasteiger partial charge in [-0.2, -0.15) is 16.8 Å². The van der Waals surface area contributed by atoms with Gasteiger partial charge in [0.1, 0.15) is 24.8 Å². The van der Waals surface area contributed by atoms with Gasteiger partial charge in [0.25, 0.3) is 32.1 Å². The summed E-state index contributed by atoms with van der Waals surface area (Å²) in [7, 11) is -10.5. The van der Waals surface area contributed by atoms with Crippen LogP contribution in [0.2, 0.25) is 0 Å². The Bertz CT molecular complexity index is 3380. The lowest BCUT2D eigenvalue weighted by Gasteiger charge is -2.33. The van der Waals surface area contributed by atoms with Crippen LogP contribution in [-0.4, -0.2) is 151 Å². The molecular weight excluding hydrogens is 1010 g/mol. The van der Waals surface area contributed by atoms with Crippen molar-refractivity contribution in [3.8, 4) is 22.5 Å². The molecule has 29 heteroatoms. The molecule has 8 rings (SSSR count). The zero-order valence-electron chi connectivity index (χ0n) is 39.3. The SMILES string of the molecule is N=c1ccc2c(-c3ccc(C(=O)NCC4CCN(CC(O)Cn5ccnc5[N+](=O)[O-])CC4)cc3C(=O)NCC3CCN(CC(O)Cn4ccnc4[N+](=O)[O-])CC3)c3ccc(N)c(S(=O)(=O)O)c3oc-2c1S(=O)(=O)O. The number of nitrogen functional groups attached to an aromatic ring is 1. The number of likely N-dealkylation sites (tertiary alicyclic amines) is 2. The number of fused-ring (bicyclic) bond motifs is 2. The molecule has 2 unspecified atom stereocenters. The predicted molar refractivity (Wildman–Crippen MR) is 261 cm³/mol. The Hall–Kier alpha value is -7.25. The molecule has 4 aliphatic rings. The average molecular weight is 1070 g/mol. The molecule has 1 aliphatic carbocycles. The number of aromatic nitrogens is 4. The quantitative estimate of drug-likeness (QED) is 0.0189. The van der Waals surface area contributed by atoms with Crippen LogP contribution in [0.3, 0.4) is 0 Å². The van der Waals surface area contributed by atoms with E-state index in [4.69, 9.17) is 15.6 Å². The second-order valence-corrected chi connectivity index (χ2v) is 21.1. The van der Waals surface area contributed by atoms with Crippen molar-refractivity contribution in [2.24, 2.45) is 11.8 Å². The first-order valence-electron chi connectivity index (χ1n) is 23.2. The van der Waals surface area contributed by atoms with Crippen LogP contribution in [0.25, 0.3) is 33.4 Å². The van der Waals surface area contributed by atoms with Crippen molar-refractivity contribution in [1.29, 1.82) is 5.41 Å². The molecule has 2 atom stereocenters. The Morgan fingerprint density at radius 1 is 0.743 bits per heavy atom. The lowest BCUT2D eigenvalue weighted by molar-refractivity contribution is -0.397. The van der Waals surface area contributed by atoms with Gasteiger partial charge in [-0.25, -0.2) is 9.13 Å². The lowest BCUT2D eigenvalue weighted by atomic mass is 9.89. The summed E-state index contributed by atoms with van der Waals surface area (Å²) in [6.07, 6.45) is 5.97. The molecule has 0 radical (unpaired) electrons. The van der Waals surface area contributed by atoms with E-state index in [0.29, 0.717) is 51.9 Å². The number of nitrogens with zero attached hydrogens (tertiary/aromatic N) is 8. The first-order chi connectivity index (χ1) is 35.1. The van der Waals surface area contributed by atoms with Gasteiger partial charge in [0.2, 0.25) is 0 Å². The minimum absolute atomic E-state index is 0.0195. The zero-order chi connectivity index (χ0) is 53.2. The molecule has 0 spiro atoms. The number of rotatable bonds is 19. The van der Waals surface area contributed by atoms with Crippen LogP contribution in [0.4, 0.5) is 17.6 Å². The van der Waals surface area contributed by atoms with Crippen LogP contribution in [0.5, 0.6) is 0 Å². The highest BCUT2D eigenvalue weighted by Gasteiger charge is 2.33. The van der Waals surface area contributed by atoms with E-state index in [1.54, 1.807) is 0 Å². The third-order valence-corrected chi connectivity index (χ3v) is 15.2. The summed E-state index contributed by atoms with van der Waals surface area (Å²) in [5.41, 5.74) is 4.63. The van der Waals surface area contributed by atoms with Crippen molar-refractivity contribution in [3.05, 3.63) is 104 Å². The normalized spacial score (nSPS) is 16.3. The van der Waals surface area contributed by atoms with E-state index < -0.39 is 92.2 Å². The minimum atomic E-state index is -5.26. The maximum atomic E-state index is 14.6. The molecule has 0 saturated carbocycles. The van der Waals surface area contributed by atoms with Gasteiger partial charge in [0.15, 0.2) is 21.1 Å². The van der Waals surface area contributed by atoms with Crippen molar-refractivity contribution in [2.45, 2.75) is 60.8 Å². The van der Waals surface area contributed by atoms with Gasteiger partial charge in [0.05, 0.1) is 36.3 Å². The van der Waals surface area contributed by atoms with Crippen LogP contribution in [0.15, 0.2) is 81.5 Å². The number of anilines is 1. The van der Waals surface area contributed by atoms with Crippen LogP contribution in [-0.2, 0) is 33.3 Å². The molecule has 2 fully saturated rings. The number of nitrogens with two attached hydrogens (primary N) is 1. The standard InChI is InChI=1S/C45H52N12O15S2/c46-35-5-3-32-37(33-4-6-36(47)41(74(69,70)71)39(33)72-38(32)40(35)73(66,67)68)31-2-1-28(42(60)50-20-26-7-13-52(14-8-26)22-29(58)24-54-17-11-48-44(54)56(62)63)19-34(31)43(61)51-21-27-9-15-53(16-10-27)23-30(59)25-55-18-12-49-45(55)57(64)65/h1-6,11-12,17-19,26-27,29-30,46,58-59H,7-10,13-16,20-25,47H2,(H,50,60)(H,51,61)(H,66,67,68)(H,69,70,71). The maximum Gasteiger partial charge on any atom is 0.434 e. The first kappa shape index (κ1) is 53.1. The Morgan fingerprint density at radius 2 is 1.24 bits per heavy atom. The summed E-state index contributed by atoms with van der Waals surface area (Å²) in [6.45, 7) is 2.95. The van der Waals surface area contributed by atoms with E-state index in [0.717, 1.165) is 12.1 Å². The third kappa shape index (κ3) is 11.7. The Balaban J connectivity index is 1.04. The molecule has 2 saturated heterocycles. The average Bonchev–Trinajstić information content (AvgIpc) is 4.01. The monoisotopic (exact) mass is 1060 g/mol. The smallest absolute Gasteiger partial charge is 0.434 e. The van der Waals surface area contributed by atoms with Gasteiger partial charge in [-0.1, -0.05) is 16.0 Å². The molecule has 27 nitrogen and oxygen atoms in total. The molecule has 394 valence electrons. The topological polar surface area (TPSA) is 399 Å². The second-order valence-electron chi connectivity index (χ2n) is 18.4. The molecule has 3 aliphatic heterocycles. The number of amides is 2. The van der Waals surface area contributed by atoms with Crippen LogP contribution >= 0.6 is 0 Å². The number of piperidine rings is 2. The number of nitro groups is 2. The van der Waals surface area contributed by atoms with E-state index in [1.807, 2.05) is 9.80 Å². The van der Waals surface area contributed by atoms with Gasteiger partial charge in [-0.15, -0.1) is 0 Å². The summed E-state index contributed by atoms with van der Waals surface area (Å²) < 4.78 is 80.4. The molecule has 9 N–H and O–H groups in total. The molecule has 2 amide bonds. The van der Waals surface area contributed by atoms with Crippen molar-refractivity contribution < 1.29 is 60.0 Å². The van der Waals surface area contributed by atoms with E-state index in [2.05, 4.69) is 20.6 Å². The fraction of sp³-hybridized carbons (Fsp3) is 0.400. The van der Waals surface area contributed by atoms with Crippen molar-refractivity contribution in [1.82, 2.24) is 39.5 Å². The largest absolute Gasteiger partial charge is 0.453 e. The highest BCUT2D eigenvalue weighted by molar-refractivity contribution is 7.86. The number of benzene rings is 3. The van der Waals surface area contributed by atoms with Gasteiger partial charge >= 0.3 is 11.9 Å². The highest BCUT2D eigenvalue weighted by Crippen LogP contribution is 2.46. The molecule has 5 heterocycles.